The molecule has 1 N–H and O–H groups in total. The van der Waals surface area contributed by atoms with E-state index in [4.69, 9.17) is 0 Å². The summed E-state index contributed by atoms with van der Waals surface area (Å²) in [5, 5.41) is 2.74. The zero-order chi connectivity index (χ0) is 10.7. The lowest BCUT2D eigenvalue weighted by molar-refractivity contribution is -0.139. The number of halogens is 1. The first-order valence-electron chi connectivity index (χ1n) is 4.56. The molecule has 0 radical (unpaired) electrons. The molecule has 1 aliphatic carbocycles. The highest BCUT2D eigenvalue weighted by Gasteiger charge is 2.39. The number of alkyl halides is 1. The molecular weight excluding hydrogens is 297 g/mol. The number of nitrogens with one attached hydrogen (secondary N) is 1. The highest BCUT2D eigenvalue weighted by molar-refractivity contribution is 14.1. The topological polar surface area (TPSA) is 55.4 Å². The molecule has 1 aliphatic rings. The SMILES string of the molecule is COC(=O)C(I)CNC(=O)C1CC1C. The van der Waals surface area contributed by atoms with Gasteiger partial charge in [-0.25, -0.2) is 0 Å². The van der Waals surface area contributed by atoms with Crippen LogP contribution in [0.3, 0.4) is 0 Å². The van der Waals surface area contributed by atoms with E-state index in [2.05, 4.69) is 10.1 Å². The van der Waals surface area contributed by atoms with Crippen molar-refractivity contribution >= 4 is 34.5 Å². The van der Waals surface area contributed by atoms with E-state index in [9.17, 15) is 9.59 Å². The maximum atomic E-state index is 11.4. The van der Waals surface area contributed by atoms with Crippen molar-refractivity contribution in [2.24, 2.45) is 11.8 Å². The molecule has 1 fully saturated rings. The standard InChI is InChI=1S/C9H14INO3/c1-5-3-6(5)8(12)11-4-7(10)9(13)14-2/h5-7H,3-4H2,1-2H3,(H,11,12). The van der Waals surface area contributed by atoms with Crippen molar-refractivity contribution in [1.29, 1.82) is 0 Å². The molecule has 0 bridgehead atoms. The number of rotatable bonds is 4. The van der Waals surface area contributed by atoms with E-state index < -0.39 is 0 Å². The summed E-state index contributed by atoms with van der Waals surface area (Å²) >= 11 is 1.96. The third-order valence-corrected chi connectivity index (χ3v) is 3.31. The van der Waals surface area contributed by atoms with E-state index in [-0.39, 0.29) is 21.7 Å². The van der Waals surface area contributed by atoms with Crippen LogP contribution in [0.1, 0.15) is 13.3 Å². The predicted octanol–water partition coefficient (Wildman–Crippen LogP) is 0.735. The molecule has 0 spiro atoms. The van der Waals surface area contributed by atoms with Gasteiger partial charge in [0.05, 0.1) is 7.11 Å². The van der Waals surface area contributed by atoms with E-state index >= 15 is 0 Å². The Morgan fingerprint density at radius 2 is 2.21 bits per heavy atom. The molecule has 0 saturated heterocycles. The fourth-order valence-corrected chi connectivity index (χ4v) is 1.69. The maximum Gasteiger partial charge on any atom is 0.320 e. The van der Waals surface area contributed by atoms with E-state index in [0.29, 0.717) is 12.5 Å². The van der Waals surface area contributed by atoms with E-state index in [1.165, 1.54) is 7.11 Å². The Morgan fingerprint density at radius 3 is 2.64 bits per heavy atom. The van der Waals surface area contributed by atoms with Gasteiger partial charge in [-0.1, -0.05) is 29.5 Å². The number of methoxy groups -OCH3 is 1. The first kappa shape index (κ1) is 11.7. The van der Waals surface area contributed by atoms with Crippen molar-refractivity contribution in [3.63, 3.8) is 0 Å². The summed E-state index contributed by atoms with van der Waals surface area (Å²) in [5.74, 6) is 0.426. The summed E-state index contributed by atoms with van der Waals surface area (Å²) in [7, 11) is 1.35. The highest BCUT2D eigenvalue weighted by Crippen LogP contribution is 2.37. The van der Waals surface area contributed by atoms with E-state index in [1.54, 1.807) is 0 Å². The van der Waals surface area contributed by atoms with Crippen LogP contribution in [-0.2, 0) is 14.3 Å². The lowest BCUT2D eigenvalue weighted by Crippen LogP contribution is -2.34. The van der Waals surface area contributed by atoms with Gasteiger partial charge in [0.25, 0.3) is 0 Å². The third-order valence-electron chi connectivity index (χ3n) is 2.36. The van der Waals surface area contributed by atoms with Gasteiger partial charge >= 0.3 is 5.97 Å². The Kier molecular flexibility index (Phi) is 4.15. The fourth-order valence-electron chi connectivity index (χ4n) is 1.22. The Hall–Kier alpha value is -0.330. The van der Waals surface area contributed by atoms with Crippen molar-refractivity contribution < 1.29 is 14.3 Å². The van der Waals surface area contributed by atoms with E-state index in [0.717, 1.165) is 6.42 Å². The van der Waals surface area contributed by atoms with Gasteiger partial charge in [-0.3, -0.25) is 9.59 Å². The molecule has 14 heavy (non-hydrogen) atoms. The van der Waals surface area contributed by atoms with Crippen LogP contribution in [0, 0.1) is 11.8 Å². The van der Waals surface area contributed by atoms with Gasteiger partial charge in [-0.2, -0.15) is 0 Å². The van der Waals surface area contributed by atoms with Crippen LogP contribution in [0.2, 0.25) is 0 Å². The number of carbonyl (C=O) groups excluding carboxylic acids is 2. The molecule has 0 aliphatic heterocycles. The van der Waals surface area contributed by atoms with Gasteiger partial charge in [0.1, 0.15) is 3.92 Å². The Balaban J connectivity index is 2.20. The minimum Gasteiger partial charge on any atom is -0.468 e. The van der Waals surface area contributed by atoms with Crippen LogP contribution in [0.5, 0.6) is 0 Å². The molecule has 3 atom stereocenters. The molecule has 4 nitrogen and oxygen atoms in total. The molecule has 5 heteroatoms. The molecule has 0 aromatic heterocycles. The second-order valence-corrected chi connectivity index (χ2v) is 5.06. The van der Waals surface area contributed by atoms with Crippen LogP contribution in [0.15, 0.2) is 0 Å². The Bertz CT molecular complexity index is 244. The summed E-state index contributed by atoms with van der Waals surface area (Å²) in [4.78, 5) is 22.4. The summed E-state index contributed by atoms with van der Waals surface area (Å²) in [6.45, 7) is 2.40. The smallest absolute Gasteiger partial charge is 0.320 e. The maximum absolute atomic E-state index is 11.4. The minimum absolute atomic E-state index is 0.0584. The second-order valence-electron chi connectivity index (χ2n) is 3.56. The van der Waals surface area contributed by atoms with Crippen molar-refractivity contribution in [3.05, 3.63) is 0 Å². The molecule has 80 valence electrons. The fraction of sp³-hybridized carbons (Fsp3) is 0.778. The highest BCUT2D eigenvalue weighted by atomic mass is 127. The van der Waals surface area contributed by atoms with Crippen molar-refractivity contribution in [2.45, 2.75) is 17.3 Å². The number of ether oxygens (including phenoxy) is 1. The Labute approximate surface area is 96.9 Å². The normalized spacial score (nSPS) is 26.5. The van der Waals surface area contributed by atoms with E-state index in [1.807, 2.05) is 29.5 Å². The summed E-state index contributed by atoms with van der Waals surface area (Å²) in [6, 6.07) is 0. The van der Waals surface area contributed by atoms with Gasteiger partial charge in [0.15, 0.2) is 0 Å². The first-order valence-corrected chi connectivity index (χ1v) is 5.80. The lowest BCUT2D eigenvalue weighted by atomic mass is 10.3. The molecule has 3 unspecified atom stereocenters. The van der Waals surface area contributed by atoms with Crippen molar-refractivity contribution in [1.82, 2.24) is 5.32 Å². The molecule has 0 aromatic rings. The number of carbonyl (C=O) groups is 2. The van der Waals surface area contributed by atoms with Crippen molar-refractivity contribution in [3.8, 4) is 0 Å². The van der Waals surface area contributed by atoms with Gasteiger partial charge in [0.2, 0.25) is 5.91 Å². The van der Waals surface area contributed by atoms with Crippen LogP contribution in [-0.4, -0.2) is 29.5 Å². The zero-order valence-corrected chi connectivity index (χ0v) is 10.4. The second kappa shape index (κ2) is 4.95. The number of hydrogen-bond acceptors (Lipinski definition) is 3. The van der Waals surface area contributed by atoms with Gasteiger partial charge in [0, 0.05) is 12.5 Å². The average molecular weight is 311 g/mol. The largest absolute Gasteiger partial charge is 0.468 e. The zero-order valence-electron chi connectivity index (χ0n) is 8.25. The van der Waals surface area contributed by atoms with Crippen molar-refractivity contribution in [2.75, 3.05) is 13.7 Å². The van der Waals surface area contributed by atoms with Gasteiger partial charge in [-0.15, -0.1) is 0 Å². The molecular formula is C9H14INO3. The number of esters is 1. The molecule has 0 aromatic carbocycles. The summed E-state index contributed by atoms with van der Waals surface area (Å²) < 4.78 is 4.25. The molecule has 1 rings (SSSR count). The molecule has 1 saturated carbocycles. The summed E-state index contributed by atoms with van der Waals surface area (Å²) in [6.07, 6.45) is 0.968. The third kappa shape index (κ3) is 3.11. The van der Waals surface area contributed by atoms with Crippen LogP contribution in [0.4, 0.5) is 0 Å². The van der Waals surface area contributed by atoms with Gasteiger partial charge in [-0.05, 0) is 12.3 Å². The average Bonchev–Trinajstić information content (AvgIpc) is 2.90. The molecule has 0 heterocycles. The van der Waals surface area contributed by atoms with Gasteiger partial charge < -0.3 is 10.1 Å². The minimum atomic E-state index is -0.297. The number of amides is 1. The quantitative estimate of drug-likeness (QED) is 0.473. The Morgan fingerprint density at radius 1 is 1.64 bits per heavy atom. The monoisotopic (exact) mass is 311 g/mol. The summed E-state index contributed by atoms with van der Waals surface area (Å²) in [5.41, 5.74) is 0. The van der Waals surface area contributed by atoms with Crippen LogP contribution < -0.4 is 5.32 Å². The van der Waals surface area contributed by atoms with Crippen LogP contribution >= 0.6 is 22.6 Å². The first-order chi connectivity index (χ1) is 6.56. The molecule has 1 amide bonds. The predicted molar refractivity (Wildman–Crippen MR) is 60.1 cm³/mol. The van der Waals surface area contributed by atoms with Crippen LogP contribution in [0.25, 0.3) is 0 Å². The lowest BCUT2D eigenvalue weighted by Gasteiger charge is -2.08. The number of hydrogen-bond donors (Lipinski definition) is 1.